The molecule has 0 radical (unpaired) electrons. The normalized spacial score (nSPS) is 22.1. The predicted molar refractivity (Wildman–Crippen MR) is 72.1 cm³/mol. The van der Waals surface area contributed by atoms with E-state index < -0.39 is 0 Å². The van der Waals surface area contributed by atoms with E-state index in [0.717, 1.165) is 11.3 Å². The molecule has 1 saturated heterocycles. The minimum Gasteiger partial charge on any atom is -0.467 e. The SMILES string of the molecule is C=C[C@H]1C(=O)N(Cc2ccccc2)[C@@H]1c1ccco1. The average molecular weight is 253 g/mol. The van der Waals surface area contributed by atoms with Gasteiger partial charge in [-0.15, -0.1) is 6.58 Å². The zero-order valence-electron chi connectivity index (χ0n) is 10.5. The van der Waals surface area contributed by atoms with Crippen molar-refractivity contribution in [3.8, 4) is 0 Å². The highest BCUT2D eigenvalue weighted by Crippen LogP contribution is 2.41. The largest absolute Gasteiger partial charge is 0.467 e. The van der Waals surface area contributed by atoms with Crippen LogP contribution in [0.5, 0.6) is 0 Å². The van der Waals surface area contributed by atoms with Crippen molar-refractivity contribution >= 4 is 5.91 Å². The molecule has 2 atom stereocenters. The van der Waals surface area contributed by atoms with Gasteiger partial charge in [-0.25, -0.2) is 0 Å². The summed E-state index contributed by atoms with van der Waals surface area (Å²) in [5, 5.41) is 0. The van der Waals surface area contributed by atoms with Crippen molar-refractivity contribution in [2.45, 2.75) is 12.6 Å². The number of carbonyl (C=O) groups is 1. The highest BCUT2D eigenvalue weighted by Gasteiger charge is 2.47. The van der Waals surface area contributed by atoms with Crippen LogP contribution in [-0.2, 0) is 11.3 Å². The number of benzene rings is 1. The number of likely N-dealkylation sites (tertiary alicyclic amines) is 1. The van der Waals surface area contributed by atoms with Gasteiger partial charge in [0, 0.05) is 6.54 Å². The van der Waals surface area contributed by atoms with Crippen molar-refractivity contribution in [1.82, 2.24) is 4.90 Å². The number of β-lactam (4-membered cyclic amide) rings is 1. The molecule has 3 nitrogen and oxygen atoms in total. The molecule has 19 heavy (non-hydrogen) atoms. The maximum atomic E-state index is 12.1. The van der Waals surface area contributed by atoms with E-state index in [-0.39, 0.29) is 17.9 Å². The van der Waals surface area contributed by atoms with Gasteiger partial charge in [0.15, 0.2) is 0 Å². The molecule has 0 bridgehead atoms. The van der Waals surface area contributed by atoms with Gasteiger partial charge in [0.25, 0.3) is 0 Å². The molecule has 3 heteroatoms. The third-order valence-corrected chi connectivity index (χ3v) is 3.53. The number of rotatable bonds is 4. The Morgan fingerprint density at radius 1 is 1.21 bits per heavy atom. The van der Waals surface area contributed by atoms with Crippen molar-refractivity contribution < 1.29 is 9.21 Å². The molecule has 0 saturated carbocycles. The van der Waals surface area contributed by atoms with Crippen LogP contribution in [-0.4, -0.2) is 10.8 Å². The molecule has 0 N–H and O–H groups in total. The topological polar surface area (TPSA) is 33.5 Å². The average Bonchev–Trinajstić information content (AvgIpc) is 2.96. The summed E-state index contributed by atoms with van der Waals surface area (Å²) in [7, 11) is 0. The molecule has 1 fully saturated rings. The molecule has 1 aliphatic rings. The van der Waals surface area contributed by atoms with E-state index in [9.17, 15) is 4.79 Å². The van der Waals surface area contributed by atoms with Crippen LogP contribution in [0, 0.1) is 5.92 Å². The van der Waals surface area contributed by atoms with E-state index in [4.69, 9.17) is 4.42 Å². The minimum atomic E-state index is -0.171. The van der Waals surface area contributed by atoms with Crippen LogP contribution in [0.3, 0.4) is 0 Å². The number of hydrogen-bond acceptors (Lipinski definition) is 2. The fourth-order valence-electron chi connectivity index (χ4n) is 2.55. The fraction of sp³-hybridized carbons (Fsp3) is 0.188. The monoisotopic (exact) mass is 253 g/mol. The first-order valence-corrected chi connectivity index (χ1v) is 6.31. The molecular weight excluding hydrogens is 238 g/mol. The molecular formula is C16H15NO2. The first kappa shape index (κ1) is 11.8. The van der Waals surface area contributed by atoms with Gasteiger partial charge in [-0.2, -0.15) is 0 Å². The Balaban J connectivity index is 1.84. The first-order chi connectivity index (χ1) is 9.31. The van der Waals surface area contributed by atoms with Gasteiger partial charge in [-0.1, -0.05) is 36.4 Å². The Hall–Kier alpha value is -2.29. The summed E-state index contributed by atoms with van der Waals surface area (Å²) in [5.41, 5.74) is 1.12. The molecule has 1 amide bonds. The minimum absolute atomic E-state index is 0.0276. The lowest BCUT2D eigenvalue weighted by atomic mass is 9.85. The number of carbonyl (C=O) groups excluding carboxylic acids is 1. The van der Waals surface area contributed by atoms with E-state index >= 15 is 0 Å². The van der Waals surface area contributed by atoms with Crippen LogP contribution in [0.15, 0.2) is 65.8 Å². The highest BCUT2D eigenvalue weighted by atomic mass is 16.3. The quantitative estimate of drug-likeness (QED) is 0.619. The van der Waals surface area contributed by atoms with Gasteiger partial charge in [-0.05, 0) is 17.7 Å². The molecule has 96 valence electrons. The lowest BCUT2D eigenvalue weighted by Gasteiger charge is -2.45. The molecule has 0 aliphatic carbocycles. The molecule has 2 aromatic rings. The lowest BCUT2D eigenvalue weighted by molar-refractivity contribution is -0.155. The summed E-state index contributed by atoms with van der Waals surface area (Å²) >= 11 is 0. The van der Waals surface area contributed by atoms with E-state index in [1.54, 1.807) is 12.3 Å². The summed E-state index contributed by atoms with van der Waals surface area (Å²) in [6.07, 6.45) is 3.34. The van der Waals surface area contributed by atoms with E-state index in [1.807, 2.05) is 47.4 Å². The van der Waals surface area contributed by atoms with Gasteiger partial charge in [0.1, 0.15) is 11.8 Å². The summed E-state index contributed by atoms with van der Waals surface area (Å²) < 4.78 is 5.44. The Bertz CT molecular complexity index is 574. The second kappa shape index (κ2) is 4.76. The molecule has 1 aliphatic heterocycles. The first-order valence-electron chi connectivity index (χ1n) is 6.31. The third-order valence-electron chi connectivity index (χ3n) is 3.53. The van der Waals surface area contributed by atoms with Gasteiger partial charge in [0.2, 0.25) is 5.91 Å². The Morgan fingerprint density at radius 3 is 2.63 bits per heavy atom. The van der Waals surface area contributed by atoms with Crippen LogP contribution in [0.2, 0.25) is 0 Å². The lowest BCUT2D eigenvalue weighted by Crippen LogP contribution is -2.53. The van der Waals surface area contributed by atoms with Gasteiger partial charge in [-0.3, -0.25) is 4.79 Å². The number of nitrogens with zero attached hydrogens (tertiary/aromatic N) is 1. The molecule has 0 unspecified atom stereocenters. The van der Waals surface area contributed by atoms with Crippen molar-refractivity contribution in [2.24, 2.45) is 5.92 Å². The standard InChI is InChI=1S/C16H15NO2/c1-2-13-15(14-9-6-10-19-14)17(16(13)18)11-12-7-4-3-5-8-12/h2-10,13,15H,1,11H2/t13-,15+/m1/s1. The Kier molecular flexibility index (Phi) is 2.95. The van der Waals surface area contributed by atoms with Crippen LogP contribution in [0.25, 0.3) is 0 Å². The van der Waals surface area contributed by atoms with Crippen molar-refractivity contribution in [1.29, 1.82) is 0 Å². The second-order valence-corrected chi connectivity index (χ2v) is 4.67. The van der Waals surface area contributed by atoms with E-state index in [0.29, 0.717) is 6.54 Å². The number of hydrogen-bond donors (Lipinski definition) is 0. The zero-order chi connectivity index (χ0) is 13.2. The molecule has 3 rings (SSSR count). The van der Waals surface area contributed by atoms with Crippen LogP contribution in [0.4, 0.5) is 0 Å². The molecule has 1 aromatic heterocycles. The summed E-state index contributed by atoms with van der Waals surface area (Å²) in [6.45, 7) is 4.35. The van der Waals surface area contributed by atoms with Crippen LogP contribution < -0.4 is 0 Å². The van der Waals surface area contributed by atoms with E-state index in [1.165, 1.54) is 0 Å². The highest BCUT2D eigenvalue weighted by molar-refractivity contribution is 5.88. The number of furan rings is 1. The van der Waals surface area contributed by atoms with Gasteiger partial charge in [0.05, 0.1) is 12.2 Å². The zero-order valence-corrected chi connectivity index (χ0v) is 10.5. The third kappa shape index (κ3) is 1.97. The van der Waals surface area contributed by atoms with Crippen LogP contribution >= 0.6 is 0 Å². The van der Waals surface area contributed by atoms with Crippen molar-refractivity contribution in [3.05, 3.63) is 72.7 Å². The predicted octanol–water partition coefficient (Wildman–Crippen LogP) is 3.17. The fourth-order valence-corrected chi connectivity index (χ4v) is 2.55. The smallest absolute Gasteiger partial charge is 0.233 e. The summed E-state index contributed by atoms with van der Waals surface area (Å²) in [5.74, 6) is 0.760. The molecule has 0 spiro atoms. The van der Waals surface area contributed by atoms with Crippen LogP contribution in [0.1, 0.15) is 17.4 Å². The van der Waals surface area contributed by atoms with Gasteiger partial charge >= 0.3 is 0 Å². The number of amides is 1. The van der Waals surface area contributed by atoms with Crippen molar-refractivity contribution in [2.75, 3.05) is 0 Å². The van der Waals surface area contributed by atoms with E-state index in [2.05, 4.69) is 6.58 Å². The summed E-state index contributed by atoms with van der Waals surface area (Å²) in [6, 6.07) is 13.7. The summed E-state index contributed by atoms with van der Waals surface area (Å²) in [4.78, 5) is 13.9. The van der Waals surface area contributed by atoms with Crippen molar-refractivity contribution in [3.63, 3.8) is 0 Å². The molecule has 2 heterocycles. The molecule has 1 aromatic carbocycles. The second-order valence-electron chi connectivity index (χ2n) is 4.67. The van der Waals surface area contributed by atoms with Gasteiger partial charge < -0.3 is 9.32 Å². The Morgan fingerprint density at radius 2 is 2.00 bits per heavy atom. The maximum absolute atomic E-state index is 12.1. The maximum Gasteiger partial charge on any atom is 0.233 e. The Labute approximate surface area is 112 Å².